The molecule has 0 aliphatic heterocycles. The normalized spacial score (nSPS) is 10.2. The van der Waals surface area contributed by atoms with Gasteiger partial charge in [0.15, 0.2) is 11.6 Å². The van der Waals surface area contributed by atoms with Crippen LogP contribution in [0.15, 0.2) is 24.9 Å². The maximum atomic E-state index is 13.8. The number of anilines is 1. The van der Waals surface area contributed by atoms with Gasteiger partial charge in [0, 0.05) is 24.8 Å². The number of halogens is 1. The molecule has 0 fully saturated rings. The summed E-state index contributed by atoms with van der Waals surface area (Å²) in [5.74, 6) is -0.430. The Morgan fingerprint density at radius 3 is 2.81 bits per heavy atom. The average molecular weight is 226 g/mol. The summed E-state index contributed by atoms with van der Waals surface area (Å²) in [6.45, 7) is 3.74. The molecule has 1 heterocycles. The van der Waals surface area contributed by atoms with Gasteiger partial charge in [0.1, 0.15) is 0 Å². The highest BCUT2D eigenvalue weighted by Gasteiger charge is 2.14. The lowest BCUT2D eigenvalue weighted by Gasteiger charge is -2.22. The van der Waals surface area contributed by atoms with E-state index in [1.54, 1.807) is 11.0 Å². The summed E-state index contributed by atoms with van der Waals surface area (Å²) in [7, 11) is 0. The molecule has 1 aromatic heterocycles. The van der Waals surface area contributed by atoms with Crippen LogP contribution in [-0.2, 0) is 6.61 Å². The van der Waals surface area contributed by atoms with Crippen molar-refractivity contribution in [3.05, 3.63) is 36.3 Å². The molecule has 1 rings (SSSR count). The zero-order chi connectivity index (χ0) is 12.0. The van der Waals surface area contributed by atoms with Crippen LogP contribution < -0.4 is 4.90 Å². The van der Waals surface area contributed by atoms with Gasteiger partial charge in [-0.05, 0) is 6.07 Å². The van der Waals surface area contributed by atoms with Crippen LogP contribution in [-0.4, -0.2) is 34.9 Å². The Morgan fingerprint density at radius 1 is 1.50 bits per heavy atom. The number of aliphatic hydroxyl groups excluding tert-OH is 2. The van der Waals surface area contributed by atoms with Crippen LogP contribution in [0.1, 0.15) is 5.56 Å². The van der Waals surface area contributed by atoms with E-state index in [0.29, 0.717) is 6.54 Å². The molecular weight excluding hydrogens is 211 g/mol. The predicted octanol–water partition coefficient (Wildman–Crippen LogP) is 0.698. The molecule has 0 aliphatic carbocycles. The first-order valence-electron chi connectivity index (χ1n) is 4.95. The molecule has 1 aromatic rings. The monoisotopic (exact) mass is 226 g/mol. The molecule has 0 atom stereocenters. The van der Waals surface area contributed by atoms with Gasteiger partial charge in [0.2, 0.25) is 0 Å². The lowest BCUT2D eigenvalue weighted by Crippen LogP contribution is -2.28. The summed E-state index contributed by atoms with van der Waals surface area (Å²) in [6, 6.07) is 1.42. The molecule has 0 bridgehead atoms. The number of pyridine rings is 1. The zero-order valence-electron chi connectivity index (χ0n) is 8.93. The zero-order valence-corrected chi connectivity index (χ0v) is 8.93. The SMILES string of the molecule is C=CCN(CCO)c1nccc(CO)c1F. The summed E-state index contributed by atoms with van der Waals surface area (Å²) in [4.78, 5) is 5.46. The lowest BCUT2D eigenvalue weighted by molar-refractivity contribution is 0.275. The van der Waals surface area contributed by atoms with E-state index in [1.807, 2.05) is 0 Å². The van der Waals surface area contributed by atoms with Crippen LogP contribution in [0.4, 0.5) is 10.2 Å². The van der Waals surface area contributed by atoms with Crippen LogP contribution >= 0.6 is 0 Å². The minimum absolute atomic E-state index is 0.0989. The van der Waals surface area contributed by atoms with Crippen molar-refractivity contribution in [2.24, 2.45) is 0 Å². The van der Waals surface area contributed by atoms with E-state index in [1.165, 1.54) is 12.3 Å². The van der Waals surface area contributed by atoms with Gasteiger partial charge in [-0.3, -0.25) is 0 Å². The molecule has 16 heavy (non-hydrogen) atoms. The van der Waals surface area contributed by atoms with Crippen molar-refractivity contribution in [3.63, 3.8) is 0 Å². The molecule has 0 aliphatic rings. The van der Waals surface area contributed by atoms with Crippen LogP contribution in [0.25, 0.3) is 0 Å². The van der Waals surface area contributed by atoms with E-state index in [0.717, 1.165) is 0 Å². The Labute approximate surface area is 93.7 Å². The summed E-state index contributed by atoms with van der Waals surface area (Å²) in [6.07, 6.45) is 3.03. The Bertz CT molecular complexity index is 358. The fourth-order valence-corrected chi connectivity index (χ4v) is 1.37. The van der Waals surface area contributed by atoms with Crippen LogP contribution in [0, 0.1) is 5.82 Å². The highest BCUT2D eigenvalue weighted by atomic mass is 19.1. The number of hydrogen-bond acceptors (Lipinski definition) is 4. The van der Waals surface area contributed by atoms with Crippen molar-refractivity contribution in [2.75, 3.05) is 24.6 Å². The molecule has 0 radical (unpaired) electrons. The van der Waals surface area contributed by atoms with Gasteiger partial charge in [0.25, 0.3) is 0 Å². The minimum Gasteiger partial charge on any atom is -0.395 e. The van der Waals surface area contributed by atoms with Gasteiger partial charge < -0.3 is 15.1 Å². The number of hydrogen-bond donors (Lipinski definition) is 2. The van der Waals surface area contributed by atoms with Crippen molar-refractivity contribution in [2.45, 2.75) is 6.61 Å². The summed E-state index contributed by atoms with van der Waals surface area (Å²) in [5, 5.41) is 17.8. The average Bonchev–Trinajstić information content (AvgIpc) is 2.29. The second-order valence-corrected chi connectivity index (χ2v) is 3.22. The molecule has 5 heteroatoms. The molecule has 0 aromatic carbocycles. The molecule has 0 spiro atoms. The first-order chi connectivity index (χ1) is 7.74. The molecule has 0 saturated carbocycles. The third kappa shape index (κ3) is 2.77. The van der Waals surface area contributed by atoms with Gasteiger partial charge >= 0.3 is 0 Å². The van der Waals surface area contributed by atoms with Crippen molar-refractivity contribution < 1.29 is 14.6 Å². The second kappa shape index (κ2) is 6.19. The van der Waals surface area contributed by atoms with Gasteiger partial charge in [-0.25, -0.2) is 9.37 Å². The van der Waals surface area contributed by atoms with Gasteiger partial charge in [0.05, 0.1) is 13.2 Å². The number of aromatic nitrogens is 1. The predicted molar refractivity (Wildman–Crippen MR) is 59.6 cm³/mol. The molecule has 88 valence electrons. The third-order valence-corrected chi connectivity index (χ3v) is 2.14. The summed E-state index contributed by atoms with van der Waals surface area (Å²) >= 11 is 0. The molecule has 0 amide bonds. The van der Waals surface area contributed by atoms with E-state index in [4.69, 9.17) is 10.2 Å². The van der Waals surface area contributed by atoms with Crippen LogP contribution in [0.2, 0.25) is 0 Å². The first kappa shape index (κ1) is 12.6. The minimum atomic E-state index is -0.555. The van der Waals surface area contributed by atoms with Crippen molar-refractivity contribution in [1.29, 1.82) is 0 Å². The van der Waals surface area contributed by atoms with Crippen molar-refractivity contribution >= 4 is 5.82 Å². The highest BCUT2D eigenvalue weighted by molar-refractivity contribution is 5.43. The fraction of sp³-hybridized carbons (Fsp3) is 0.364. The number of aliphatic hydroxyl groups is 2. The van der Waals surface area contributed by atoms with E-state index >= 15 is 0 Å². The number of rotatable bonds is 6. The van der Waals surface area contributed by atoms with E-state index in [2.05, 4.69) is 11.6 Å². The second-order valence-electron chi connectivity index (χ2n) is 3.22. The first-order valence-corrected chi connectivity index (χ1v) is 4.95. The Balaban J connectivity index is 3.02. The summed E-state index contributed by atoms with van der Waals surface area (Å²) in [5.41, 5.74) is 0.192. The van der Waals surface area contributed by atoms with Crippen molar-refractivity contribution in [3.8, 4) is 0 Å². The third-order valence-electron chi connectivity index (χ3n) is 2.14. The smallest absolute Gasteiger partial charge is 0.171 e. The standard InChI is InChI=1S/C11H15FN2O2/c1-2-5-14(6-7-15)11-10(12)9(8-16)3-4-13-11/h2-4,15-16H,1,5-8H2. The van der Waals surface area contributed by atoms with E-state index < -0.39 is 5.82 Å². The quantitative estimate of drug-likeness (QED) is 0.701. The van der Waals surface area contributed by atoms with Gasteiger partial charge in [-0.2, -0.15) is 0 Å². The molecule has 4 nitrogen and oxygen atoms in total. The Kier molecular flexibility index (Phi) is 4.88. The topological polar surface area (TPSA) is 56.6 Å². The van der Waals surface area contributed by atoms with E-state index in [9.17, 15) is 4.39 Å². The van der Waals surface area contributed by atoms with E-state index in [-0.39, 0.29) is 31.1 Å². The lowest BCUT2D eigenvalue weighted by atomic mass is 10.2. The van der Waals surface area contributed by atoms with Gasteiger partial charge in [-0.15, -0.1) is 6.58 Å². The Hall–Kier alpha value is -1.46. The largest absolute Gasteiger partial charge is 0.395 e. The number of nitrogens with zero attached hydrogens (tertiary/aromatic N) is 2. The maximum absolute atomic E-state index is 13.8. The molecule has 2 N–H and O–H groups in total. The van der Waals surface area contributed by atoms with Crippen LogP contribution in [0.5, 0.6) is 0 Å². The summed E-state index contributed by atoms with van der Waals surface area (Å²) < 4.78 is 13.8. The maximum Gasteiger partial charge on any atom is 0.171 e. The molecular formula is C11H15FN2O2. The fourth-order valence-electron chi connectivity index (χ4n) is 1.37. The van der Waals surface area contributed by atoms with Crippen LogP contribution in [0.3, 0.4) is 0 Å². The Morgan fingerprint density at radius 2 is 2.25 bits per heavy atom. The molecule has 0 saturated heterocycles. The molecule has 0 unspecified atom stereocenters. The van der Waals surface area contributed by atoms with Crippen molar-refractivity contribution in [1.82, 2.24) is 4.98 Å². The van der Waals surface area contributed by atoms with Gasteiger partial charge in [-0.1, -0.05) is 6.08 Å². The highest BCUT2D eigenvalue weighted by Crippen LogP contribution is 2.19.